The number of ether oxygens (including phenoxy) is 2. The van der Waals surface area contributed by atoms with Crippen LogP contribution in [0.3, 0.4) is 0 Å². The van der Waals surface area contributed by atoms with Gasteiger partial charge in [-0.25, -0.2) is 0 Å². The minimum Gasteiger partial charge on any atom is -0.456 e. The van der Waals surface area contributed by atoms with E-state index in [0.29, 0.717) is 25.2 Å². The Morgan fingerprint density at radius 2 is 2.15 bits per heavy atom. The van der Waals surface area contributed by atoms with Crippen molar-refractivity contribution < 1.29 is 24.0 Å². The standard InChI is InChI=1S/C17H23N3O6/c21-16(19-11-13-5-4-10-25-13)12-26-17(22)8-3-9-18-14-6-1-2-7-15(14)20(23)24/h1-2,6-7,13,18H,3-5,8-12H2,(H,19,21)/t13-/m1/s1. The lowest BCUT2D eigenvalue weighted by molar-refractivity contribution is -0.384. The number of carbonyl (C=O) groups is 2. The van der Waals surface area contributed by atoms with Crippen molar-refractivity contribution in [3.05, 3.63) is 34.4 Å². The number of para-hydroxylation sites is 2. The highest BCUT2D eigenvalue weighted by atomic mass is 16.6. The van der Waals surface area contributed by atoms with E-state index in [1.807, 2.05) is 0 Å². The van der Waals surface area contributed by atoms with Crippen LogP contribution in [0, 0.1) is 10.1 Å². The maximum atomic E-state index is 11.6. The second-order valence-corrected chi connectivity index (χ2v) is 5.90. The second-order valence-electron chi connectivity index (χ2n) is 5.90. The molecular formula is C17H23N3O6. The second kappa shape index (κ2) is 10.3. The zero-order valence-electron chi connectivity index (χ0n) is 14.4. The van der Waals surface area contributed by atoms with Crippen molar-refractivity contribution in [2.45, 2.75) is 31.8 Å². The summed E-state index contributed by atoms with van der Waals surface area (Å²) in [5.74, 6) is -0.839. The van der Waals surface area contributed by atoms with Crippen LogP contribution < -0.4 is 10.6 Å². The summed E-state index contributed by atoms with van der Waals surface area (Å²) < 4.78 is 10.3. The van der Waals surface area contributed by atoms with E-state index in [9.17, 15) is 19.7 Å². The number of hydrogen-bond acceptors (Lipinski definition) is 7. The fraction of sp³-hybridized carbons (Fsp3) is 0.529. The zero-order chi connectivity index (χ0) is 18.8. The first-order valence-electron chi connectivity index (χ1n) is 8.57. The number of nitrogens with zero attached hydrogens (tertiary/aromatic N) is 1. The van der Waals surface area contributed by atoms with Crippen molar-refractivity contribution in [3.8, 4) is 0 Å². The summed E-state index contributed by atoms with van der Waals surface area (Å²) in [6, 6.07) is 6.30. The third kappa shape index (κ3) is 6.67. The summed E-state index contributed by atoms with van der Waals surface area (Å²) in [4.78, 5) is 33.7. The maximum absolute atomic E-state index is 11.6. The molecule has 1 amide bonds. The maximum Gasteiger partial charge on any atom is 0.306 e. The predicted octanol–water partition coefficient (Wildman–Crippen LogP) is 1.63. The van der Waals surface area contributed by atoms with Crippen LogP contribution in [0.2, 0.25) is 0 Å². The number of amides is 1. The van der Waals surface area contributed by atoms with Gasteiger partial charge in [0.05, 0.1) is 11.0 Å². The van der Waals surface area contributed by atoms with Gasteiger partial charge >= 0.3 is 5.97 Å². The number of anilines is 1. The number of carbonyl (C=O) groups excluding carboxylic acids is 2. The Balaban J connectivity index is 1.57. The van der Waals surface area contributed by atoms with E-state index in [2.05, 4.69) is 10.6 Å². The number of nitrogens with one attached hydrogen (secondary N) is 2. The van der Waals surface area contributed by atoms with Gasteiger partial charge in [-0.3, -0.25) is 19.7 Å². The summed E-state index contributed by atoms with van der Waals surface area (Å²) in [6.45, 7) is 1.21. The molecule has 0 bridgehead atoms. The zero-order valence-corrected chi connectivity index (χ0v) is 14.4. The Morgan fingerprint density at radius 3 is 2.88 bits per heavy atom. The van der Waals surface area contributed by atoms with Gasteiger partial charge < -0.3 is 20.1 Å². The minimum atomic E-state index is -0.485. The topological polar surface area (TPSA) is 120 Å². The molecule has 0 aromatic heterocycles. The summed E-state index contributed by atoms with van der Waals surface area (Å²) in [7, 11) is 0. The van der Waals surface area contributed by atoms with E-state index in [0.717, 1.165) is 19.4 Å². The Hall–Kier alpha value is -2.68. The Morgan fingerprint density at radius 1 is 1.35 bits per heavy atom. The quantitative estimate of drug-likeness (QED) is 0.280. The van der Waals surface area contributed by atoms with Crippen molar-refractivity contribution in [1.29, 1.82) is 0 Å². The fourth-order valence-corrected chi connectivity index (χ4v) is 2.54. The average molecular weight is 365 g/mol. The van der Waals surface area contributed by atoms with Crippen LogP contribution in [0.5, 0.6) is 0 Å². The summed E-state index contributed by atoms with van der Waals surface area (Å²) >= 11 is 0. The lowest BCUT2D eigenvalue weighted by atomic mass is 10.2. The minimum absolute atomic E-state index is 0.0158. The van der Waals surface area contributed by atoms with Gasteiger partial charge in [-0.2, -0.15) is 0 Å². The molecule has 1 saturated heterocycles. The Kier molecular flexibility index (Phi) is 7.81. The van der Waals surface area contributed by atoms with Crippen LogP contribution in [-0.4, -0.2) is 49.2 Å². The lowest BCUT2D eigenvalue weighted by Gasteiger charge is -2.11. The number of nitro benzene ring substituents is 1. The van der Waals surface area contributed by atoms with Gasteiger partial charge in [0.1, 0.15) is 5.69 Å². The molecule has 9 nitrogen and oxygen atoms in total. The molecule has 26 heavy (non-hydrogen) atoms. The van der Waals surface area contributed by atoms with E-state index in [1.165, 1.54) is 6.07 Å². The molecule has 2 rings (SSSR count). The smallest absolute Gasteiger partial charge is 0.306 e. The van der Waals surface area contributed by atoms with Gasteiger partial charge in [-0.05, 0) is 25.3 Å². The monoisotopic (exact) mass is 365 g/mol. The normalized spacial score (nSPS) is 16.1. The first-order chi connectivity index (χ1) is 12.6. The molecule has 1 aromatic carbocycles. The third-order valence-corrected chi connectivity index (χ3v) is 3.89. The van der Waals surface area contributed by atoms with E-state index in [4.69, 9.17) is 9.47 Å². The molecule has 1 heterocycles. The number of rotatable bonds is 10. The number of hydrogen-bond donors (Lipinski definition) is 2. The molecule has 0 radical (unpaired) electrons. The Bertz CT molecular complexity index is 631. The molecule has 1 aromatic rings. The number of nitro groups is 1. The van der Waals surface area contributed by atoms with E-state index in [-0.39, 0.29) is 30.7 Å². The molecule has 0 spiro atoms. The van der Waals surface area contributed by atoms with Gasteiger partial charge in [0.2, 0.25) is 0 Å². The first-order valence-corrected chi connectivity index (χ1v) is 8.57. The van der Waals surface area contributed by atoms with Crippen LogP contribution in [0.4, 0.5) is 11.4 Å². The molecule has 1 fully saturated rings. The van der Waals surface area contributed by atoms with Gasteiger partial charge in [-0.1, -0.05) is 12.1 Å². The van der Waals surface area contributed by atoms with Crippen LogP contribution in [0.1, 0.15) is 25.7 Å². The molecule has 9 heteroatoms. The average Bonchev–Trinajstić information content (AvgIpc) is 3.15. The van der Waals surface area contributed by atoms with Crippen LogP contribution >= 0.6 is 0 Å². The van der Waals surface area contributed by atoms with Gasteiger partial charge in [0, 0.05) is 32.2 Å². The summed E-state index contributed by atoms with van der Waals surface area (Å²) in [5.41, 5.74) is 0.386. The molecule has 0 aliphatic carbocycles. The van der Waals surface area contributed by atoms with Crippen molar-refractivity contribution >= 4 is 23.3 Å². The molecular weight excluding hydrogens is 342 g/mol. The molecule has 2 N–H and O–H groups in total. The highest BCUT2D eigenvalue weighted by molar-refractivity contribution is 5.80. The van der Waals surface area contributed by atoms with Crippen molar-refractivity contribution in [2.75, 3.05) is 31.6 Å². The van der Waals surface area contributed by atoms with E-state index >= 15 is 0 Å². The molecule has 1 aliphatic heterocycles. The van der Waals surface area contributed by atoms with Crippen LogP contribution in [0.25, 0.3) is 0 Å². The number of benzene rings is 1. The molecule has 0 unspecified atom stereocenters. The largest absolute Gasteiger partial charge is 0.456 e. The number of esters is 1. The van der Waals surface area contributed by atoms with E-state index in [1.54, 1.807) is 18.2 Å². The molecule has 1 atom stereocenters. The van der Waals surface area contributed by atoms with Crippen LogP contribution in [0.15, 0.2) is 24.3 Å². The highest BCUT2D eigenvalue weighted by Crippen LogP contribution is 2.22. The third-order valence-electron chi connectivity index (χ3n) is 3.89. The highest BCUT2D eigenvalue weighted by Gasteiger charge is 2.16. The van der Waals surface area contributed by atoms with E-state index < -0.39 is 10.9 Å². The van der Waals surface area contributed by atoms with Crippen molar-refractivity contribution in [2.24, 2.45) is 0 Å². The summed E-state index contributed by atoms with van der Waals surface area (Å²) in [5, 5.41) is 16.5. The van der Waals surface area contributed by atoms with Gasteiger partial charge in [0.25, 0.3) is 11.6 Å². The molecule has 142 valence electrons. The predicted molar refractivity (Wildman–Crippen MR) is 93.8 cm³/mol. The SMILES string of the molecule is O=C(COC(=O)CCCNc1ccccc1[N+](=O)[O-])NC[C@H]1CCCO1. The molecule has 0 saturated carbocycles. The Labute approximate surface area is 151 Å². The fourth-order valence-electron chi connectivity index (χ4n) is 2.54. The summed E-state index contributed by atoms with van der Waals surface area (Å²) in [6.07, 6.45) is 2.51. The first kappa shape index (κ1) is 19.6. The lowest BCUT2D eigenvalue weighted by Crippen LogP contribution is -2.34. The van der Waals surface area contributed by atoms with Crippen molar-refractivity contribution in [1.82, 2.24) is 5.32 Å². The van der Waals surface area contributed by atoms with Crippen LogP contribution in [-0.2, 0) is 19.1 Å². The van der Waals surface area contributed by atoms with Crippen molar-refractivity contribution in [3.63, 3.8) is 0 Å². The van der Waals surface area contributed by atoms with Gasteiger partial charge in [0.15, 0.2) is 6.61 Å². The van der Waals surface area contributed by atoms with Gasteiger partial charge in [-0.15, -0.1) is 0 Å². The molecule has 1 aliphatic rings.